The molecule has 0 aliphatic rings. The molecular formula is C8H14O3S4. The molecule has 0 radical (unpaired) electrons. The number of aliphatic hydroxyl groups is 2. The van der Waals surface area contributed by atoms with E-state index in [0.29, 0.717) is 24.3 Å². The Hall–Kier alpha value is 0.440. The van der Waals surface area contributed by atoms with E-state index >= 15 is 0 Å². The molecule has 7 heteroatoms. The number of thiol groups is 2. The van der Waals surface area contributed by atoms with Gasteiger partial charge in [0, 0.05) is 0 Å². The van der Waals surface area contributed by atoms with Crippen LogP contribution in [-0.4, -0.2) is 44.0 Å². The minimum Gasteiger partial charge on any atom is -0.500 e. The van der Waals surface area contributed by atoms with Crippen molar-refractivity contribution in [3.63, 3.8) is 0 Å². The predicted octanol–water partition coefficient (Wildman–Crippen LogP) is 2.15. The van der Waals surface area contributed by atoms with E-state index < -0.39 is 5.60 Å². The van der Waals surface area contributed by atoms with Gasteiger partial charge in [-0.25, -0.2) is 0 Å². The van der Waals surface area contributed by atoms with Crippen LogP contribution in [0.5, 0.6) is 0 Å². The first-order valence-corrected chi connectivity index (χ1v) is 6.37. The van der Waals surface area contributed by atoms with Gasteiger partial charge in [-0.3, -0.25) is 0 Å². The average Bonchev–Trinajstić information content (AvgIpc) is 2.14. The van der Waals surface area contributed by atoms with Crippen LogP contribution in [0.4, 0.5) is 0 Å². The Labute approximate surface area is 111 Å². The van der Waals surface area contributed by atoms with Gasteiger partial charge in [0.25, 0.3) is 0 Å². The van der Waals surface area contributed by atoms with Gasteiger partial charge in [-0.2, -0.15) is 25.3 Å². The first-order chi connectivity index (χ1) is 6.98. The third-order valence-electron chi connectivity index (χ3n) is 1.89. The highest BCUT2D eigenvalue weighted by molar-refractivity contribution is 7.81. The Morgan fingerprint density at radius 3 is 1.87 bits per heavy atom. The summed E-state index contributed by atoms with van der Waals surface area (Å²) in [6.45, 7) is -0.127. The van der Waals surface area contributed by atoms with E-state index in [1.807, 2.05) is 0 Å². The maximum absolute atomic E-state index is 9.45. The van der Waals surface area contributed by atoms with Gasteiger partial charge in [0.1, 0.15) is 12.2 Å². The van der Waals surface area contributed by atoms with Gasteiger partial charge < -0.3 is 14.9 Å². The molecular weight excluding hydrogens is 272 g/mol. The molecule has 15 heavy (non-hydrogen) atoms. The smallest absolute Gasteiger partial charge is 0.189 e. The molecule has 2 N–H and O–H groups in total. The van der Waals surface area contributed by atoms with Crippen LogP contribution in [0.3, 0.4) is 0 Å². The third-order valence-corrected chi connectivity index (χ3v) is 2.83. The molecule has 0 rings (SSSR count). The van der Waals surface area contributed by atoms with E-state index in [4.69, 9.17) is 22.1 Å². The second kappa shape index (κ2) is 7.67. The molecule has 0 aromatic carbocycles. The van der Waals surface area contributed by atoms with Crippen LogP contribution >= 0.6 is 49.7 Å². The molecule has 0 atom stereocenters. The van der Waals surface area contributed by atoms with E-state index in [2.05, 4.69) is 37.5 Å². The molecule has 3 nitrogen and oxygen atoms in total. The van der Waals surface area contributed by atoms with E-state index in [1.54, 1.807) is 0 Å². The quantitative estimate of drug-likeness (QED) is 0.407. The average molecular weight is 286 g/mol. The Morgan fingerprint density at radius 1 is 1.13 bits per heavy atom. The monoisotopic (exact) mass is 286 g/mol. The van der Waals surface area contributed by atoms with Crippen molar-refractivity contribution >= 4 is 59.8 Å². The van der Waals surface area contributed by atoms with E-state index in [9.17, 15) is 5.11 Å². The molecule has 0 aromatic rings. The molecule has 0 aromatic heterocycles. The minimum absolute atomic E-state index is 0.127. The van der Waals surface area contributed by atoms with Crippen LogP contribution in [0, 0.1) is 0 Å². The highest BCUT2D eigenvalue weighted by atomic mass is 32.1. The highest BCUT2D eigenvalue weighted by Gasteiger charge is 2.35. The van der Waals surface area contributed by atoms with E-state index in [-0.39, 0.29) is 16.7 Å². The SMILES string of the molecule is OC(=S)COC(CCS)(CCS)C(O)=S. The fraction of sp³-hybridized carbons (Fsp3) is 0.750. The molecule has 0 saturated carbocycles. The molecule has 0 aliphatic carbocycles. The summed E-state index contributed by atoms with van der Waals surface area (Å²) < 4.78 is 5.35. The van der Waals surface area contributed by atoms with Gasteiger partial charge in [0.05, 0.1) is 0 Å². The zero-order valence-corrected chi connectivity index (χ0v) is 11.5. The van der Waals surface area contributed by atoms with Gasteiger partial charge in [0.2, 0.25) is 0 Å². The Kier molecular flexibility index (Phi) is 7.90. The third kappa shape index (κ3) is 5.35. The lowest BCUT2D eigenvalue weighted by molar-refractivity contribution is 0.0136. The fourth-order valence-corrected chi connectivity index (χ4v) is 2.15. The summed E-state index contributed by atoms with van der Waals surface area (Å²) in [5.41, 5.74) is -0.981. The van der Waals surface area contributed by atoms with Crippen molar-refractivity contribution in [2.45, 2.75) is 18.4 Å². The lowest BCUT2D eigenvalue weighted by Crippen LogP contribution is -2.42. The minimum atomic E-state index is -0.981. The van der Waals surface area contributed by atoms with Gasteiger partial charge in [-0.1, -0.05) is 0 Å². The molecule has 0 aliphatic heterocycles. The molecule has 0 amide bonds. The number of rotatable bonds is 8. The summed E-state index contributed by atoms with van der Waals surface area (Å²) in [4.78, 5) is 0. The molecule has 88 valence electrons. The zero-order valence-electron chi connectivity index (χ0n) is 8.05. The van der Waals surface area contributed by atoms with E-state index in [1.165, 1.54) is 0 Å². The first kappa shape index (κ1) is 15.4. The van der Waals surface area contributed by atoms with Crippen molar-refractivity contribution in [1.82, 2.24) is 0 Å². The van der Waals surface area contributed by atoms with Gasteiger partial charge >= 0.3 is 0 Å². The second-order valence-electron chi connectivity index (χ2n) is 2.93. The molecule has 0 fully saturated rings. The van der Waals surface area contributed by atoms with Gasteiger partial charge in [-0.15, -0.1) is 0 Å². The summed E-state index contributed by atoms with van der Waals surface area (Å²) >= 11 is 17.4. The van der Waals surface area contributed by atoms with Crippen LogP contribution in [-0.2, 0) is 4.74 Å². The normalized spacial score (nSPS) is 11.3. The fourth-order valence-electron chi connectivity index (χ4n) is 1.11. The zero-order chi connectivity index (χ0) is 11.9. The molecule has 0 bridgehead atoms. The topological polar surface area (TPSA) is 49.7 Å². The first-order valence-electron chi connectivity index (χ1n) is 4.29. The van der Waals surface area contributed by atoms with Crippen LogP contribution < -0.4 is 0 Å². The van der Waals surface area contributed by atoms with Crippen LogP contribution in [0.15, 0.2) is 0 Å². The highest BCUT2D eigenvalue weighted by Crippen LogP contribution is 2.24. The number of ether oxygens (including phenoxy) is 1. The number of hydrogen-bond donors (Lipinski definition) is 4. The Balaban J connectivity index is 4.61. The number of aliphatic hydroxyl groups excluding tert-OH is 2. The Bertz CT molecular complexity index is 226. The maximum Gasteiger partial charge on any atom is 0.189 e. The van der Waals surface area contributed by atoms with Crippen molar-refractivity contribution in [2.24, 2.45) is 0 Å². The van der Waals surface area contributed by atoms with Crippen molar-refractivity contribution < 1.29 is 14.9 Å². The van der Waals surface area contributed by atoms with Crippen LogP contribution in [0.1, 0.15) is 12.8 Å². The van der Waals surface area contributed by atoms with E-state index in [0.717, 1.165) is 0 Å². The van der Waals surface area contributed by atoms with Crippen LogP contribution in [0.25, 0.3) is 0 Å². The molecule has 0 heterocycles. The summed E-state index contributed by atoms with van der Waals surface area (Å²) in [6.07, 6.45) is 0.906. The van der Waals surface area contributed by atoms with Gasteiger partial charge in [0.15, 0.2) is 10.1 Å². The summed E-state index contributed by atoms with van der Waals surface area (Å²) in [5, 5.41) is 17.8. The number of hydrogen-bond acceptors (Lipinski definition) is 5. The predicted molar refractivity (Wildman–Crippen MR) is 76.1 cm³/mol. The van der Waals surface area contributed by atoms with Crippen molar-refractivity contribution in [2.75, 3.05) is 18.1 Å². The molecule has 0 spiro atoms. The second-order valence-corrected chi connectivity index (χ2v) is 4.68. The summed E-state index contributed by atoms with van der Waals surface area (Å²) in [5.74, 6) is 1.01. The largest absolute Gasteiger partial charge is 0.500 e. The standard InChI is InChI=1S/C8H14O3S4/c9-6(14)5-11-8(1-3-12,2-4-13)7(10)15/h12-13H,1-5H2,(H,9,14)(H,10,15). The summed E-state index contributed by atoms with van der Waals surface area (Å²) in [6, 6.07) is 0. The van der Waals surface area contributed by atoms with Crippen molar-refractivity contribution in [3.8, 4) is 0 Å². The maximum atomic E-state index is 9.45. The lowest BCUT2D eigenvalue weighted by atomic mass is 9.98. The lowest BCUT2D eigenvalue weighted by Gasteiger charge is -2.30. The van der Waals surface area contributed by atoms with Gasteiger partial charge in [-0.05, 0) is 48.8 Å². The Morgan fingerprint density at radius 2 is 1.60 bits per heavy atom. The van der Waals surface area contributed by atoms with Crippen LogP contribution in [0.2, 0.25) is 0 Å². The summed E-state index contributed by atoms with van der Waals surface area (Å²) in [7, 11) is 0. The molecule has 0 unspecified atom stereocenters. The number of thiocarbonyl (C=S) groups is 2. The van der Waals surface area contributed by atoms with Crippen molar-refractivity contribution in [1.29, 1.82) is 0 Å². The van der Waals surface area contributed by atoms with Crippen molar-refractivity contribution in [3.05, 3.63) is 0 Å². The molecule has 0 saturated heterocycles.